The van der Waals surface area contributed by atoms with E-state index < -0.39 is 5.54 Å². The van der Waals surface area contributed by atoms with Gasteiger partial charge in [-0.25, -0.2) is 0 Å². The lowest BCUT2D eigenvalue weighted by atomic mass is 10.0. The Balaban J connectivity index is 1.66. The highest BCUT2D eigenvalue weighted by molar-refractivity contribution is 9.10. The summed E-state index contributed by atoms with van der Waals surface area (Å²) in [4.78, 5) is 19.3. The zero-order chi connectivity index (χ0) is 13.7. The van der Waals surface area contributed by atoms with E-state index in [-0.39, 0.29) is 5.91 Å². The first kappa shape index (κ1) is 12.5. The SMILES string of the molecule is O=C1N(CC2CNC2)C(c2ccc(Br)cc2)=NC12CC2. The summed E-state index contributed by atoms with van der Waals surface area (Å²) in [6, 6.07) is 8.07. The molecule has 1 amide bonds. The van der Waals surface area contributed by atoms with Gasteiger partial charge in [-0.2, -0.15) is 0 Å². The van der Waals surface area contributed by atoms with E-state index in [0.717, 1.165) is 48.3 Å². The van der Waals surface area contributed by atoms with Crippen molar-refractivity contribution in [2.24, 2.45) is 10.9 Å². The van der Waals surface area contributed by atoms with Crippen LogP contribution in [0.1, 0.15) is 18.4 Å². The molecule has 4 nitrogen and oxygen atoms in total. The van der Waals surface area contributed by atoms with E-state index in [1.54, 1.807) is 0 Å². The van der Waals surface area contributed by atoms with Crippen molar-refractivity contribution in [2.45, 2.75) is 18.4 Å². The summed E-state index contributed by atoms with van der Waals surface area (Å²) >= 11 is 3.45. The fourth-order valence-electron chi connectivity index (χ4n) is 2.83. The molecule has 2 heterocycles. The molecule has 2 aliphatic heterocycles. The number of carbonyl (C=O) groups excluding carboxylic acids is 1. The smallest absolute Gasteiger partial charge is 0.256 e. The Morgan fingerprint density at radius 2 is 2.00 bits per heavy atom. The number of halogens is 1. The molecular formula is C15H16BrN3O. The van der Waals surface area contributed by atoms with Crippen molar-refractivity contribution in [1.82, 2.24) is 10.2 Å². The summed E-state index contributed by atoms with van der Waals surface area (Å²) in [7, 11) is 0. The summed E-state index contributed by atoms with van der Waals surface area (Å²) in [5, 5.41) is 3.26. The van der Waals surface area contributed by atoms with Gasteiger partial charge < -0.3 is 5.32 Å². The minimum absolute atomic E-state index is 0.210. The van der Waals surface area contributed by atoms with E-state index >= 15 is 0 Å². The fourth-order valence-corrected chi connectivity index (χ4v) is 3.09. The van der Waals surface area contributed by atoms with Crippen molar-refractivity contribution < 1.29 is 4.79 Å². The quantitative estimate of drug-likeness (QED) is 0.916. The highest BCUT2D eigenvalue weighted by Gasteiger charge is 2.57. The molecule has 1 saturated carbocycles. The normalized spacial score (nSPS) is 23.9. The molecule has 1 aromatic carbocycles. The molecule has 0 radical (unpaired) electrons. The summed E-state index contributed by atoms with van der Waals surface area (Å²) < 4.78 is 1.04. The number of carbonyl (C=O) groups is 1. The van der Waals surface area contributed by atoms with E-state index in [2.05, 4.69) is 21.2 Å². The van der Waals surface area contributed by atoms with Gasteiger partial charge in [0.2, 0.25) is 0 Å². The molecule has 4 rings (SSSR count). The van der Waals surface area contributed by atoms with E-state index in [0.29, 0.717) is 5.92 Å². The topological polar surface area (TPSA) is 44.7 Å². The Morgan fingerprint density at radius 1 is 1.30 bits per heavy atom. The maximum absolute atomic E-state index is 12.6. The van der Waals surface area contributed by atoms with Gasteiger partial charge in [0.25, 0.3) is 5.91 Å². The van der Waals surface area contributed by atoms with Crippen LogP contribution in [0, 0.1) is 5.92 Å². The number of amidine groups is 1. The van der Waals surface area contributed by atoms with Gasteiger partial charge in [-0.05, 0) is 25.0 Å². The number of rotatable bonds is 3. The van der Waals surface area contributed by atoms with Crippen molar-refractivity contribution in [3.63, 3.8) is 0 Å². The molecule has 20 heavy (non-hydrogen) atoms. The third-order valence-electron chi connectivity index (χ3n) is 4.35. The lowest BCUT2D eigenvalue weighted by molar-refractivity contribution is -0.128. The Kier molecular flexibility index (Phi) is 2.76. The van der Waals surface area contributed by atoms with Crippen molar-refractivity contribution in [2.75, 3.05) is 19.6 Å². The van der Waals surface area contributed by atoms with Crippen LogP contribution in [0.3, 0.4) is 0 Å². The number of benzene rings is 1. The monoisotopic (exact) mass is 333 g/mol. The molecule has 104 valence electrons. The van der Waals surface area contributed by atoms with Crippen LogP contribution in [0.2, 0.25) is 0 Å². The van der Waals surface area contributed by atoms with Gasteiger partial charge in [0.15, 0.2) is 0 Å². The molecule has 1 N–H and O–H groups in total. The Morgan fingerprint density at radius 3 is 2.55 bits per heavy atom. The molecular weight excluding hydrogens is 318 g/mol. The van der Waals surface area contributed by atoms with E-state index in [1.165, 1.54) is 0 Å². The first-order chi connectivity index (χ1) is 9.68. The van der Waals surface area contributed by atoms with Crippen LogP contribution in [0.4, 0.5) is 0 Å². The molecule has 0 unspecified atom stereocenters. The number of nitrogens with zero attached hydrogens (tertiary/aromatic N) is 2. The van der Waals surface area contributed by atoms with Crippen LogP contribution in [0.15, 0.2) is 33.7 Å². The Hall–Kier alpha value is -1.20. The van der Waals surface area contributed by atoms with Crippen molar-refractivity contribution >= 4 is 27.7 Å². The Bertz CT molecular complexity index is 588. The van der Waals surface area contributed by atoms with Crippen LogP contribution in [-0.4, -0.2) is 41.8 Å². The maximum Gasteiger partial charge on any atom is 0.256 e. The molecule has 0 atom stereocenters. The lowest BCUT2D eigenvalue weighted by Gasteiger charge is -2.31. The fraction of sp³-hybridized carbons (Fsp3) is 0.467. The molecule has 1 saturated heterocycles. The van der Waals surface area contributed by atoms with Crippen LogP contribution in [0.5, 0.6) is 0 Å². The van der Waals surface area contributed by atoms with Gasteiger partial charge >= 0.3 is 0 Å². The zero-order valence-corrected chi connectivity index (χ0v) is 12.7. The van der Waals surface area contributed by atoms with E-state index in [1.807, 2.05) is 29.2 Å². The van der Waals surface area contributed by atoms with Crippen molar-refractivity contribution in [3.05, 3.63) is 34.3 Å². The Labute approximate surface area is 126 Å². The second-order valence-corrected chi connectivity index (χ2v) is 6.83. The van der Waals surface area contributed by atoms with Crippen molar-refractivity contribution in [3.8, 4) is 0 Å². The average molecular weight is 334 g/mol. The second-order valence-electron chi connectivity index (χ2n) is 5.91. The molecule has 1 spiro atoms. The van der Waals surface area contributed by atoms with E-state index in [4.69, 9.17) is 4.99 Å². The van der Waals surface area contributed by atoms with Gasteiger partial charge in [-0.3, -0.25) is 14.7 Å². The van der Waals surface area contributed by atoms with Crippen molar-refractivity contribution in [1.29, 1.82) is 0 Å². The lowest BCUT2D eigenvalue weighted by Crippen LogP contribution is -2.50. The predicted octanol–water partition coefficient (Wildman–Crippen LogP) is 1.79. The molecule has 1 aliphatic carbocycles. The minimum atomic E-state index is -0.403. The van der Waals surface area contributed by atoms with Gasteiger partial charge in [0.1, 0.15) is 11.4 Å². The maximum atomic E-state index is 12.6. The van der Waals surface area contributed by atoms with Gasteiger partial charge in [0.05, 0.1) is 0 Å². The number of amides is 1. The summed E-state index contributed by atoms with van der Waals surface area (Å²) in [6.07, 6.45) is 1.82. The van der Waals surface area contributed by atoms with Crippen LogP contribution < -0.4 is 5.32 Å². The summed E-state index contributed by atoms with van der Waals surface area (Å²) in [5.74, 6) is 1.64. The molecule has 3 aliphatic rings. The summed E-state index contributed by atoms with van der Waals surface area (Å²) in [5.41, 5.74) is 0.636. The van der Waals surface area contributed by atoms with Crippen LogP contribution in [-0.2, 0) is 4.79 Å². The third kappa shape index (κ3) is 1.91. The number of hydrogen-bond donors (Lipinski definition) is 1. The van der Waals surface area contributed by atoms with Gasteiger partial charge in [0, 0.05) is 35.6 Å². The number of nitrogens with one attached hydrogen (secondary N) is 1. The standard InChI is InChI=1S/C15H16BrN3O/c16-12-3-1-11(2-4-12)13-18-15(5-6-15)14(20)19(13)9-10-7-17-8-10/h1-4,10,17H,5-9H2. The molecule has 2 fully saturated rings. The van der Waals surface area contributed by atoms with Crippen LogP contribution in [0.25, 0.3) is 0 Å². The largest absolute Gasteiger partial charge is 0.316 e. The average Bonchev–Trinajstić information content (AvgIpc) is 3.11. The summed E-state index contributed by atoms with van der Waals surface area (Å²) in [6.45, 7) is 2.80. The first-order valence-electron chi connectivity index (χ1n) is 7.06. The molecule has 5 heteroatoms. The zero-order valence-electron chi connectivity index (χ0n) is 11.1. The van der Waals surface area contributed by atoms with Gasteiger partial charge in [-0.1, -0.05) is 28.1 Å². The first-order valence-corrected chi connectivity index (χ1v) is 7.86. The minimum Gasteiger partial charge on any atom is -0.316 e. The molecule has 1 aromatic rings. The van der Waals surface area contributed by atoms with E-state index in [9.17, 15) is 4.79 Å². The highest BCUT2D eigenvalue weighted by Crippen LogP contribution is 2.46. The second kappa shape index (κ2) is 4.40. The predicted molar refractivity (Wildman–Crippen MR) is 80.7 cm³/mol. The van der Waals surface area contributed by atoms with Gasteiger partial charge in [-0.15, -0.1) is 0 Å². The molecule has 0 bridgehead atoms. The number of aliphatic imine (C=N–C) groups is 1. The number of hydrogen-bond acceptors (Lipinski definition) is 3. The highest BCUT2D eigenvalue weighted by atomic mass is 79.9. The van der Waals surface area contributed by atoms with Crippen LogP contribution >= 0.6 is 15.9 Å². The molecule has 0 aromatic heterocycles. The third-order valence-corrected chi connectivity index (χ3v) is 4.88.